The number of amides is 1. The van der Waals surface area contributed by atoms with Gasteiger partial charge in [0.2, 0.25) is 0 Å². The number of hydrogen-bond acceptors (Lipinski definition) is 7. The molecule has 2 aliphatic heterocycles. The van der Waals surface area contributed by atoms with Gasteiger partial charge in [-0.1, -0.05) is 12.1 Å². The predicted octanol–water partition coefficient (Wildman–Crippen LogP) is 2.03. The zero-order valence-electron chi connectivity index (χ0n) is 17.5. The maximum absolute atomic E-state index is 12.8. The molecular weight excluding hydrogens is 398 g/mol. The smallest absolute Gasteiger partial charge is 0.289 e. The molecule has 1 aromatic carbocycles. The summed E-state index contributed by atoms with van der Waals surface area (Å²) in [6.07, 6.45) is 1.08. The minimum absolute atomic E-state index is 0.130. The lowest BCUT2D eigenvalue weighted by atomic mass is 9.90. The number of β-amino-alcohol motifs (C(OH)–C–C–N with tert-alkyl or cyclic N) is 1. The lowest BCUT2D eigenvalue weighted by Crippen LogP contribution is -2.53. The molecular formula is C23H27N3O5. The number of furan rings is 1. The first-order valence-corrected chi connectivity index (χ1v) is 10.6. The number of rotatable bonds is 6. The molecule has 0 aliphatic carbocycles. The summed E-state index contributed by atoms with van der Waals surface area (Å²) in [4.78, 5) is 16.8. The Morgan fingerprint density at radius 3 is 2.61 bits per heavy atom. The number of likely N-dealkylation sites (tertiary alicyclic amines) is 1. The summed E-state index contributed by atoms with van der Waals surface area (Å²) < 4.78 is 16.7. The Hall–Kier alpha value is -2.86. The number of aliphatic hydroxyl groups is 1. The number of hydrogen-bond donors (Lipinski definition) is 1. The fourth-order valence-electron chi connectivity index (χ4n) is 4.02. The number of benzene rings is 1. The molecule has 0 atom stereocenters. The summed E-state index contributed by atoms with van der Waals surface area (Å²) >= 11 is 0. The number of para-hydroxylation sites is 1. The molecule has 2 fully saturated rings. The molecule has 8 nitrogen and oxygen atoms in total. The minimum atomic E-state index is -0.773. The molecule has 8 heteroatoms. The number of nitriles is 1. The molecule has 0 bridgehead atoms. The van der Waals surface area contributed by atoms with E-state index in [1.54, 1.807) is 41.3 Å². The monoisotopic (exact) mass is 425 g/mol. The fraction of sp³-hybridized carbons (Fsp3) is 0.478. The molecule has 0 spiro atoms. The van der Waals surface area contributed by atoms with Gasteiger partial charge in [-0.05, 0) is 37.1 Å². The second-order valence-corrected chi connectivity index (χ2v) is 8.07. The molecule has 2 aliphatic rings. The molecule has 3 heterocycles. The van der Waals surface area contributed by atoms with Crippen LogP contribution in [0.25, 0.3) is 0 Å². The summed E-state index contributed by atoms with van der Waals surface area (Å²) in [5, 5.41) is 20.1. The van der Waals surface area contributed by atoms with Crippen LogP contribution in [0, 0.1) is 11.3 Å². The summed E-state index contributed by atoms with van der Waals surface area (Å²) in [6.45, 7) is 4.79. The molecule has 0 saturated carbocycles. The SMILES string of the molecule is N#Cc1ccccc1OCc1ccc(C(=O)N2CCC(O)(CN3CCOCC3)CC2)o1. The van der Waals surface area contributed by atoms with Crippen molar-refractivity contribution in [2.75, 3.05) is 45.9 Å². The van der Waals surface area contributed by atoms with Gasteiger partial charge in [-0.3, -0.25) is 9.69 Å². The number of morpholine rings is 1. The molecule has 0 radical (unpaired) electrons. The van der Waals surface area contributed by atoms with Crippen molar-refractivity contribution in [3.05, 3.63) is 53.5 Å². The van der Waals surface area contributed by atoms with Gasteiger partial charge in [0.15, 0.2) is 5.76 Å². The Morgan fingerprint density at radius 2 is 1.87 bits per heavy atom. The van der Waals surface area contributed by atoms with E-state index in [1.807, 2.05) is 0 Å². The third-order valence-corrected chi connectivity index (χ3v) is 5.85. The highest BCUT2D eigenvalue weighted by Gasteiger charge is 2.36. The van der Waals surface area contributed by atoms with Crippen molar-refractivity contribution in [2.24, 2.45) is 0 Å². The first-order valence-electron chi connectivity index (χ1n) is 10.6. The van der Waals surface area contributed by atoms with E-state index in [1.165, 1.54) is 0 Å². The highest BCUT2D eigenvalue weighted by molar-refractivity contribution is 5.91. The standard InChI is InChI=1S/C23H27N3O5/c24-15-18-3-1-2-4-20(18)30-16-19-5-6-21(31-19)22(27)26-9-7-23(28,8-10-26)17-25-11-13-29-14-12-25/h1-6,28H,7-14,16-17H2. The van der Waals surface area contributed by atoms with Gasteiger partial charge in [0.25, 0.3) is 5.91 Å². The minimum Gasteiger partial charge on any atom is -0.484 e. The van der Waals surface area contributed by atoms with Crippen LogP contribution in [0.1, 0.15) is 34.7 Å². The van der Waals surface area contributed by atoms with Crippen molar-refractivity contribution in [3.63, 3.8) is 0 Å². The number of ether oxygens (including phenoxy) is 2. The highest BCUT2D eigenvalue weighted by Crippen LogP contribution is 2.26. The van der Waals surface area contributed by atoms with Gasteiger partial charge in [0, 0.05) is 32.7 Å². The molecule has 0 unspecified atom stereocenters. The van der Waals surface area contributed by atoms with Crippen LogP contribution in [0.2, 0.25) is 0 Å². The van der Waals surface area contributed by atoms with E-state index >= 15 is 0 Å². The molecule has 4 rings (SSSR count). The Kier molecular flexibility index (Phi) is 6.56. The maximum atomic E-state index is 12.8. The second-order valence-electron chi connectivity index (χ2n) is 8.07. The Balaban J connectivity index is 1.29. The van der Waals surface area contributed by atoms with E-state index in [9.17, 15) is 9.90 Å². The quantitative estimate of drug-likeness (QED) is 0.756. The van der Waals surface area contributed by atoms with E-state index < -0.39 is 5.60 Å². The number of carbonyl (C=O) groups excluding carboxylic acids is 1. The first kappa shape index (κ1) is 21.4. The van der Waals surface area contributed by atoms with Crippen LogP contribution in [0.4, 0.5) is 0 Å². The Morgan fingerprint density at radius 1 is 1.13 bits per heavy atom. The lowest BCUT2D eigenvalue weighted by molar-refractivity contribution is -0.0601. The lowest BCUT2D eigenvalue weighted by Gasteiger charge is -2.41. The molecule has 1 amide bonds. The van der Waals surface area contributed by atoms with E-state index in [2.05, 4.69) is 11.0 Å². The molecule has 2 saturated heterocycles. The Bertz CT molecular complexity index is 937. The average Bonchev–Trinajstić information content (AvgIpc) is 3.27. The fourth-order valence-corrected chi connectivity index (χ4v) is 4.02. The van der Waals surface area contributed by atoms with Crippen molar-refractivity contribution in [3.8, 4) is 11.8 Å². The van der Waals surface area contributed by atoms with Gasteiger partial charge in [-0.25, -0.2) is 0 Å². The molecule has 164 valence electrons. The summed E-state index contributed by atoms with van der Waals surface area (Å²) in [5.74, 6) is 1.06. The van der Waals surface area contributed by atoms with Crippen LogP contribution in [0.5, 0.6) is 5.75 Å². The zero-order chi connectivity index (χ0) is 21.7. The Labute approximate surface area is 181 Å². The average molecular weight is 425 g/mol. The van der Waals surface area contributed by atoms with Crippen LogP contribution < -0.4 is 4.74 Å². The van der Waals surface area contributed by atoms with Crippen molar-refractivity contribution in [1.29, 1.82) is 5.26 Å². The normalized spacial score (nSPS) is 19.0. The number of nitrogens with zero attached hydrogens (tertiary/aromatic N) is 3. The number of piperidine rings is 1. The van der Waals surface area contributed by atoms with Crippen LogP contribution in [-0.4, -0.2) is 72.4 Å². The molecule has 1 aromatic heterocycles. The van der Waals surface area contributed by atoms with Gasteiger partial charge in [0.05, 0.1) is 24.4 Å². The summed E-state index contributed by atoms with van der Waals surface area (Å²) in [5.41, 5.74) is -0.326. The third-order valence-electron chi connectivity index (χ3n) is 5.85. The maximum Gasteiger partial charge on any atom is 0.289 e. The van der Waals surface area contributed by atoms with Crippen LogP contribution >= 0.6 is 0 Å². The predicted molar refractivity (Wildman–Crippen MR) is 112 cm³/mol. The van der Waals surface area contributed by atoms with Gasteiger partial charge >= 0.3 is 0 Å². The van der Waals surface area contributed by atoms with Crippen molar-refractivity contribution >= 4 is 5.91 Å². The van der Waals surface area contributed by atoms with E-state index in [4.69, 9.17) is 19.2 Å². The van der Waals surface area contributed by atoms with Crippen LogP contribution in [0.3, 0.4) is 0 Å². The van der Waals surface area contributed by atoms with Crippen LogP contribution in [-0.2, 0) is 11.3 Å². The van der Waals surface area contributed by atoms with Crippen molar-refractivity contribution < 1.29 is 23.8 Å². The highest BCUT2D eigenvalue weighted by atomic mass is 16.5. The van der Waals surface area contributed by atoms with Crippen molar-refractivity contribution in [1.82, 2.24) is 9.80 Å². The van der Waals surface area contributed by atoms with Crippen LogP contribution in [0.15, 0.2) is 40.8 Å². The summed E-state index contributed by atoms with van der Waals surface area (Å²) in [7, 11) is 0. The first-order chi connectivity index (χ1) is 15.1. The topological polar surface area (TPSA) is 99.2 Å². The van der Waals surface area contributed by atoms with Gasteiger partial charge in [-0.2, -0.15) is 5.26 Å². The second kappa shape index (κ2) is 9.52. The molecule has 1 N–H and O–H groups in total. The zero-order valence-corrected chi connectivity index (χ0v) is 17.5. The summed E-state index contributed by atoms with van der Waals surface area (Å²) in [6, 6.07) is 12.4. The molecule has 2 aromatic rings. The van der Waals surface area contributed by atoms with Gasteiger partial charge < -0.3 is 23.9 Å². The van der Waals surface area contributed by atoms with Crippen molar-refractivity contribution in [2.45, 2.75) is 25.0 Å². The largest absolute Gasteiger partial charge is 0.484 e. The van der Waals surface area contributed by atoms with E-state index in [-0.39, 0.29) is 18.3 Å². The van der Waals surface area contributed by atoms with Gasteiger partial charge in [-0.15, -0.1) is 0 Å². The van der Waals surface area contributed by atoms with Gasteiger partial charge in [0.1, 0.15) is 24.2 Å². The van der Waals surface area contributed by atoms with E-state index in [0.717, 1.165) is 13.1 Å². The number of carbonyl (C=O) groups is 1. The molecule has 31 heavy (non-hydrogen) atoms. The third kappa shape index (κ3) is 5.25. The van der Waals surface area contributed by atoms with E-state index in [0.29, 0.717) is 62.8 Å².